The van der Waals surface area contributed by atoms with Crippen molar-refractivity contribution in [2.45, 2.75) is 29.9 Å². The molecule has 1 aromatic heterocycles. The number of rotatable bonds is 1. The van der Waals surface area contributed by atoms with Gasteiger partial charge in [-0.1, -0.05) is 18.2 Å². The van der Waals surface area contributed by atoms with Gasteiger partial charge < -0.3 is 9.88 Å². The molecule has 1 atom stereocenters. The lowest BCUT2D eigenvalue weighted by atomic mass is 9.89. The Morgan fingerprint density at radius 1 is 1.29 bits per heavy atom. The van der Waals surface area contributed by atoms with Gasteiger partial charge in [-0.2, -0.15) is 0 Å². The zero-order valence-corrected chi connectivity index (χ0v) is 15.3. The average Bonchev–Trinajstić information content (AvgIpc) is 3.19. The van der Waals surface area contributed by atoms with Crippen LogP contribution in [0.3, 0.4) is 0 Å². The molecule has 1 saturated heterocycles. The molecule has 3 aliphatic rings. The van der Waals surface area contributed by atoms with Crippen LogP contribution in [-0.4, -0.2) is 37.8 Å². The summed E-state index contributed by atoms with van der Waals surface area (Å²) in [6.45, 7) is 2.73. The van der Waals surface area contributed by atoms with E-state index in [4.69, 9.17) is 0 Å². The number of ketones is 1. The van der Waals surface area contributed by atoms with E-state index in [9.17, 15) is 4.79 Å². The van der Waals surface area contributed by atoms with Gasteiger partial charge in [-0.05, 0) is 25.0 Å². The smallest absolute Gasteiger partial charge is 0.159 e. The van der Waals surface area contributed by atoms with Crippen molar-refractivity contribution in [1.29, 1.82) is 0 Å². The Hall–Kier alpha value is -1.33. The van der Waals surface area contributed by atoms with Crippen molar-refractivity contribution in [2.75, 3.05) is 18.1 Å². The van der Waals surface area contributed by atoms with Crippen molar-refractivity contribution in [1.82, 2.24) is 9.88 Å². The fourth-order valence-electron chi connectivity index (χ4n) is 4.43. The minimum atomic E-state index is -0.0428. The lowest BCUT2D eigenvalue weighted by Gasteiger charge is -2.45. The molecule has 5 heteroatoms. The highest BCUT2D eigenvalue weighted by Crippen LogP contribution is 2.58. The highest BCUT2D eigenvalue weighted by molar-refractivity contribution is 8.21. The first-order valence-electron chi connectivity index (χ1n) is 8.54. The van der Waals surface area contributed by atoms with Crippen molar-refractivity contribution in [3.8, 4) is 0 Å². The molecule has 24 heavy (non-hydrogen) atoms. The van der Waals surface area contributed by atoms with Crippen molar-refractivity contribution >= 4 is 40.2 Å². The van der Waals surface area contributed by atoms with Crippen LogP contribution in [0.5, 0.6) is 0 Å². The molecule has 0 aliphatic carbocycles. The number of fused-ring (bicyclic) bond motifs is 5. The number of carbonyl (C=O) groups is 1. The third-order valence-electron chi connectivity index (χ3n) is 5.50. The molecule has 1 fully saturated rings. The largest absolute Gasteiger partial charge is 0.368 e. The van der Waals surface area contributed by atoms with Crippen LogP contribution >= 0.6 is 23.5 Å². The summed E-state index contributed by atoms with van der Waals surface area (Å²) in [5.41, 5.74) is 5.11. The van der Waals surface area contributed by atoms with Crippen LogP contribution in [0, 0.1) is 0 Å². The molecule has 4 heterocycles. The van der Waals surface area contributed by atoms with Crippen LogP contribution in [0.25, 0.3) is 10.9 Å². The molecular formula is C19H20N2OS2. The summed E-state index contributed by atoms with van der Waals surface area (Å²) in [5, 5.41) is 1.37. The predicted octanol–water partition coefficient (Wildman–Crippen LogP) is 4.12. The summed E-state index contributed by atoms with van der Waals surface area (Å²) in [4.78, 5) is 18.4. The number of benzene rings is 1. The zero-order valence-electron chi connectivity index (χ0n) is 13.7. The second-order valence-corrected chi connectivity index (χ2v) is 9.87. The van der Waals surface area contributed by atoms with Crippen LogP contribution in [0.15, 0.2) is 36.0 Å². The predicted molar refractivity (Wildman–Crippen MR) is 102 cm³/mol. The SMILES string of the molecule is CC(=O)C1=CN2CCc3c([nH]c4ccccc34)C2CC12SCCS2. The van der Waals surface area contributed by atoms with Gasteiger partial charge in [0.1, 0.15) is 0 Å². The van der Waals surface area contributed by atoms with Crippen molar-refractivity contribution in [3.63, 3.8) is 0 Å². The fraction of sp³-hybridized carbons (Fsp3) is 0.421. The van der Waals surface area contributed by atoms with E-state index in [1.165, 1.54) is 22.2 Å². The van der Waals surface area contributed by atoms with E-state index in [-0.39, 0.29) is 9.86 Å². The van der Waals surface area contributed by atoms with Crippen molar-refractivity contribution < 1.29 is 4.79 Å². The second-order valence-electron chi connectivity index (χ2n) is 6.82. The maximum atomic E-state index is 12.3. The zero-order chi connectivity index (χ0) is 16.3. The van der Waals surface area contributed by atoms with E-state index in [0.29, 0.717) is 6.04 Å². The minimum absolute atomic E-state index is 0.0428. The maximum Gasteiger partial charge on any atom is 0.159 e. The molecular weight excluding hydrogens is 336 g/mol. The number of hydrogen-bond acceptors (Lipinski definition) is 4. The molecule has 0 radical (unpaired) electrons. The number of para-hydroxylation sites is 1. The molecule has 0 amide bonds. The van der Waals surface area contributed by atoms with Gasteiger partial charge in [-0.3, -0.25) is 4.79 Å². The average molecular weight is 357 g/mol. The first kappa shape index (κ1) is 15.0. The molecule has 1 aromatic carbocycles. The molecule has 3 nitrogen and oxygen atoms in total. The first-order valence-corrected chi connectivity index (χ1v) is 10.5. The standard InChI is InChI=1S/C19H20N2OS2/c1-12(22)15-11-21-7-6-14-13-4-2-3-5-16(13)20-18(14)17(21)10-19(15)23-8-9-24-19/h2-5,11,17,20H,6-10H2,1H3. The number of Topliss-reactive ketones (excluding diaryl/α,β-unsaturated/α-hetero) is 1. The van der Waals surface area contributed by atoms with E-state index < -0.39 is 0 Å². The van der Waals surface area contributed by atoms with Gasteiger partial charge in [0, 0.05) is 52.8 Å². The summed E-state index contributed by atoms with van der Waals surface area (Å²) in [6.07, 6.45) is 4.24. The summed E-state index contributed by atoms with van der Waals surface area (Å²) in [6, 6.07) is 8.99. The summed E-state index contributed by atoms with van der Waals surface area (Å²) in [5.74, 6) is 2.51. The maximum absolute atomic E-state index is 12.3. The van der Waals surface area contributed by atoms with Crippen LogP contribution in [0.1, 0.15) is 30.6 Å². The number of thioether (sulfide) groups is 2. The topological polar surface area (TPSA) is 36.1 Å². The van der Waals surface area contributed by atoms with Gasteiger partial charge in [0.2, 0.25) is 0 Å². The van der Waals surface area contributed by atoms with Gasteiger partial charge in [0.05, 0.1) is 10.1 Å². The van der Waals surface area contributed by atoms with Gasteiger partial charge >= 0.3 is 0 Å². The summed E-state index contributed by atoms with van der Waals surface area (Å²) in [7, 11) is 0. The van der Waals surface area contributed by atoms with Crippen LogP contribution in [0.4, 0.5) is 0 Å². The Labute approximate surface area is 150 Å². The third-order valence-corrected chi connectivity index (χ3v) is 8.99. The van der Waals surface area contributed by atoms with E-state index in [1.807, 2.05) is 23.5 Å². The molecule has 1 N–H and O–H groups in total. The number of hydrogen-bond donors (Lipinski definition) is 1. The van der Waals surface area contributed by atoms with Crippen molar-refractivity contribution in [2.24, 2.45) is 0 Å². The Kier molecular flexibility index (Phi) is 3.33. The van der Waals surface area contributed by atoms with Crippen molar-refractivity contribution in [3.05, 3.63) is 47.3 Å². The van der Waals surface area contributed by atoms with Gasteiger partial charge in [0.25, 0.3) is 0 Å². The minimum Gasteiger partial charge on any atom is -0.368 e. The molecule has 2 aromatic rings. The van der Waals surface area contributed by atoms with Crippen LogP contribution in [-0.2, 0) is 11.2 Å². The number of aromatic nitrogens is 1. The third kappa shape index (κ3) is 2.04. The fourth-order valence-corrected chi connectivity index (χ4v) is 7.84. The molecule has 3 aliphatic heterocycles. The van der Waals surface area contributed by atoms with Crippen LogP contribution < -0.4 is 0 Å². The summed E-state index contributed by atoms with van der Waals surface area (Å²) < 4.78 is -0.0428. The Balaban J connectivity index is 1.65. The normalized spacial score (nSPS) is 24.8. The second kappa shape index (κ2) is 5.33. The van der Waals surface area contributed by atoms with Gasteiger partial charge in [0.15, 0.2) is 5.78 Å². The Bertz CT molecular complexity index is 863. The van der Waals surface area contributed by atoms with E-state index in [1.54, 1.807) is 6.92 Å². The van der Waals surface area contributed by atoms with E-state index >= 15 is 0 Å². The Morgan fingerprint density at radius 2 is 2.08 bits per heavy atom. The quantitative estimate of drug-likeness (QED) is 0.834. The highest BCUT2D eigenvalue weighted by Gasteiger charge is 2.48. The number of aromatic amines is 1. The lowest BCUT2D eigenvalue weighted by molar-refractivity contribution is -0.114. The Morgan fingerprint density at radius 3 is 2.88 bits per heavy atom. The lowest BCUT2D eigenvalue weighted by Crippen LogP contribution is -2.42. The number of nitrogens with one attached hydrogen (secondary N) is 1. The number of nitrogens with zero attached hydrogens (tertiary/aromatic N) is 1. The first-order chi connectivity index (χ1) is 11.7. The number of H-pyrrole nitrogens is 1. The summed E-state index contributed by atoms with van der Waals surface area (Å²) >= 11 is 3.95. The van der Waals surface area contributed by atoms with E-state index in [0.717, 1.165) is 36.5 Å². The monoisotopic (exact) mass is 356 g/mol. The molecule has 0 saturated carbocycles. The molecule has 124 valence electrons. The number of carbonyl (C=O) groups excluding carboxylic acids is 1. The highest BCUT2D eigenvalue weighted by atomic mass is 32.2. The van der Waals surface area contributed by atoms with Gasteiger partial charge in [-0.25, -0.2) is 0 Å². The molecule has 1 unspecified atom stereocenters. The molecule has 5 rings (SSSR count). The molecule has 0 bridgehead atoms. The van der Waals surface area contributed by atoms with Crippen LogP contribution in [0.2, 0.25) is 0 Å². The van der Waals surface area contributed by atoms with Gasteiger partial charge in [-0.15, -0.1) is 23.5 Å². The van der Waals surface area contributed by atoms with E-state index in [2.05, 4.69) is 40.3 Å². The molecule has 1 spiro atoms.